The Morgan fingerprint density at radius 1 is 1.00 bits per heavy atom. The molecule has 0 N–H and O–H groups in total. The fourth-order valence-electron chi connectivity index (χ4n) is 3.52. The van der Waals surface area contributed by atoms with Crippen LogP contribution in [-0.2, 0) is 0 Å². The highest BCUT2D eigenvalue weighted by molar-refractivity contribution is 9.10. The quantitative estimate of drug-likeness (QED) is 0.576. The van der Waals surface area contributed by atoms with E-state index in [1.165, 1.54) is 17.7 Å². The van der Waals surface area contributed by atoms with Gasteiger partial charge in [0.25, 0.3) is 0 Å². The molecule has 3 aromatic rings. The van der Waals surface area contributed by atoms with E-state index in [-0.39, 0.29) is 11.9 Å². The zero-order valence-corrected chi connectivity index (χ0v) is 16.1. The number of benzene rings is 2. The number of likely N-dealkylation sites (N-methyl/N-ethyl adjacent to an activating group) is 1. The van der Waals surface area contributed by atoms with E-state index in [1.54, 1.807) is 18.4 Å². The second-order valence-electron chi connectivity index (χ2n) is 6.66. The van der Waals surface area contributed by atoms with E-state index in [9.17, 15) is 4.39 Å². The van der Waals surface area contributed by atoms with Crippen LogP contribution < -0.4 is 4.90 Å². The summed E-state index contributed by atoms with van der Waals surface area (Å²) in [5, 5.41) is 0. The fourth-order valence-corrected chi connectivity index (χ4v) is 3.79. The van der Waals surface area contributed by atoms with Gasteiger partial charge in [-0.3, -0.25) is 0 Å². The summed E-state index contributed by atoms with van der Waals surface area (Å²) in [6.07, 6.45) is 1.71. The van der Waals surface area contributed by atoms with Gasteiger partial charge < -0.3 is 14.2 Å². The van der Waals surface area contributed by atoms with Crippen molar-refractivity contribution in [2.24, 2.45) is 0 Å². The van der Waals surface area contributed by atoms with Crippen LogP contribution in [0.4, 0.5) is 10.1 Å². The van der Waals surface area contributed by atoms with Crippen molar-refractivity contribution in [3.63, 3.8) is 0 Å². The van der Waals surface area contributed by atoms with Gasteiger partial charge in [-0.2, -0.15) is 0 Å². The molecule has 3 nitrogen and oxygen atoms in total. The Bertz CT molecular complexity index is 876. The summed E-state index contributed by atoms with van der Waals surface area (Å²) < 4.78 is 20.2. The van der Waals surface area contributed by atoms with Crippen molar-refractivity contribution in [2.75, 3.05) is 31.6 Å². The summed E-state index contributed by atoms with van der Waals surface area (Å²) in [5.74, 6) is 0.547. The van der Waals surface area contributed by atoms with Crippen LogP contribution in [0.15, 0.2) is 69.8 Å². The Balaban J connectivity index is 1.72. The molecule has 0 amide bonds. The van der Waals surface area contributed by atoms with Crippen LogP contribution in [-0.4, -0.2) is 31.6 Å². The first kappa shape index (κ1) is 17.3. The normalized spacial score (nSPS) is 18.3. The first-order valence-electron chi connectivity index (χ1n) is 8.66. The SMILES string of the molecule is CN1CCN(c2ccoc2-c2ccc(F)cc2)C(c2ccc(Br)cc2)C1. The summed E-state index contributed by atoms with van der Waals surface area (Å²) >= 11 is 3.51. The first-order valence-corrected chi connectivity index (χ1v) is 9.45. The highest BCUT2D eigenvalue weighted by Gasteiger charge is 2.29. The lowest BCUT2D eigenvalue weighted by molar-refractivity contribution is 0.269. The van der Waals surface area contributed by atoms with Crippen LogP contribution in [0.5, 0.6) is 0 Å². The summed E-state index contributed by atoms with van der Waals surface area (Å²) in [6, 6.07) is 17.2. The lowest BCUT2D eigenvalue weighted by Crippen LogP contribution is -2.47. The van der Waals surface area contributed by atoms with Crippen LogP contribution in [0, 0.1) is 5.82 Å². The topological polar surface area (TPSA) is 19.6 Å². The van der Waals surface area contributed by atoms with Gasteiger partial charge in [-0.25, -0.2) is 4.39 Å². The Morgan fingerprint density at radius 2 is 1.73 bits per heavy atom. The maximum atomic E-state index is 13.3. The molecule has 134 valence electrons. The van der Waals surface area contributed by atoms with Crippen LogP contribution in [0.1, 0.15) is 11.6 Å². The highest BCUT2D eigenvalue weighted by Crippen LogP contribution is 2.38. The molecule has 1 atom stereocenters. The predicted octanol–water partition coefficient (Wildman–Crippen LogP) is 5.34. The number of halogens is 2. The summed E-state index contributed by atoms with van der Waals surface area (Å²) in [6.45, 7) is 2.84. The lowest BCUT2D eigenvalue weighted by Gasteiger charge is -2.41. The average molecular weight is 415 g/mol. The average Bonchev–Trinajstić information content (AvgIpc) is 3.12. The van der Waals surface area contributed by atoms with Crippen molar-refractivity contribution in [2.45, 2.75) is 6.04 Å². The number of anilines is 1. The van der Waals surface area contributed by atoms with Gasteiger partial charge in [0.15, 0.2) is 5.76 Å². The molecule has 0 bridgehead atoms. The number of hydrogen-bond acceptors (Lipinski definition) is 3. The van der Waals surface area contributed by atoms with Gasteiger partial charge in [-0.1, -0.05) is 28.1 Å². The Morgan fingerprint density at radius 3 is 2.46 bits per heavy atom. The molecule has 2 aromatic carbocycles. The highest BCUT2D eigenvalue weighted by atomic mass is 79.9. The van der Waals surface area contributed by atoms with Crippen LogP contribution in [0.25, 0.3) is 11.3 Å². The van der Waals surface area contributed by atoms with Gasteiger partial charge in [0, 0.05) is 35.7 Å². The Labute approximate surface area is 161 Å². The molecule has 1 aliphatic heterocycles. The number of piperazine rings is 1. The third-order valence-corrected chi connectivity index (χ3v) is 5.43. The smallest absolute Gasteiger partial charge is 0.157 e. The first-order chi connectivity index (χ1) is 12.6. The van der Waals surface area contributed by atoms with Gasteiger partial charge in [0.2, 0.25) is 0 Å². The van der Waals surface area contributed by atoms with E-state index in [4.69, 9.17) is 4.42 Å². The molecule has 0 spiro atoms. The summed E-state index contributed by atoms with van der Waals surface area (Å²) in [7, 11) is 2.15. The number of rotatable bonds is 3. The third kappa shape index (κ3) is 3.41. The minimum Gasteiger partial charge on any atom is -0.462 e. The minimum absolute atomic E-state index is 0.235. The standard InChI is InChI=1S/C21H20BrFN2O/c1-24-11-12-25(20(14-24)15-2-6-17(22)7-3-15)19-10-13-26-21(19)16-4-8-18(23)9-5-16/h2-10,13,20H,11-12,14H2,1H3. The van der Waals surface area contributed by atoms with E-state index in [2.05, 4.69) is 57.0 Å². The molecule has 1 saturated heterocycles. The molecule has 26 heavy (non-hydrogen) atoms. The van der Waals surface area contributed by atoms with Gasteiger partial charge in [-0.15, -0.1) is 0 Å². The van der Waals surface area contributed by atoms with E-state index in [0.717, 1.165) is 41.1 Å². The summed E-state index contributed by atoms with van der Waals surface area (Å²) in [4.78, 5) is 4.74. The van der Waals surface area contributed by atoms with Gasteiger partial charge in [0.05, 0.1) is 18.0 Å². The van der Waals surface area contributed by atoms with E-state index in [0.29, 0.717) is 0 Å². The Kier molecular flexibility index (Phi) is 4.83. The molecule has 2 heterocycles. The number of nitrogens with zero attached hydrogens (tertiary/aromatic N) is 2. The van der Waals surface area contributed by atoms with Crippen molar-refractivity contribution in [3.05, 3.63) is 76.7 Å². The molecule has 4 rings (SSSR count). The molecule has 5 heteroatoms. The molecule has 0 radical (unpaired) electrons. The molecule has 1 fully saturated rings. The molecular formula is C21H20BrFN2O. The second kappa shape index (κ2) is 7.25. The fraction of sp³-hybridized carbons (Fsp3) is 0.238. The molecule has 1 unspecified atom stereocenters. The van der Waals surface area contributed by atoms with Crippen molar-refractivity contribution in [3.8, 4) is 11.3 Å². The zero-order chi connectivity index (χ0) is 18.1. The molecule has 0 saturated carbocycles. The minimum atomic E-state index is -0.241. The monoisotopic (exact) mass is 414 g/mol. The molecule has 0 aliphatic carbocycles. The van der Waals surface area contributed by atoms with E-state index >= 15 is 0 Å². The van der Waals surface area contributed by atoms with E-state index in [1.807, 2.05) is 6.07 Å². The van der Waals surface area contributed by atoms with Crippen molar-refractivity contribution in [1.82, 2.24) is 4.90 Å². The van der Waals surface area contributed by atoms with Gasteiger partial charge in [-0.05, 0) is 49.0 Å². The van der Waals surface area contributed by atoms with Crippen LogP contribution in [0.2, 0.25) is 0 Å². The molecule has 1 aromatic heterocycles. The second-order valence-corrected chi connectivity index (χ2v) is 7.58. The van der Waals surface area contributed by atoms with E-state index < -0.39 is 0 Å². The Hall–Kier alpha value is -2.11. The largest absolute Gasteiger partial charge is 0.462 e. The zero-order valence-electron chi connectivity index (χ0n) is 14.5. The number of hydrogen-bond donors (Lipinski definition) is 0. The molecule has 1 aliphatic rings. The lowest BCUT2D eigenvalue weighted by atomic mass is 10.0. The van der Waals surface area contributed by atoms with Crippen molar-refractivity contribution >= 4 is 21.6 Å². The van der Waals surface area contributed by atoms with Gasteiger partial charge in [0.1, 0.15) is 5.82 Å². The van der Waals surface area contributed by atoms with Crippen molar-refractivity contribution in [1.29, 1.82) is 0 Å². The predicted molar refractivity (Wildman–Crippen MR) is 106 cm³/mol. The maximum absolute atomic E-state index is 13.3. The summed E-state index contributed by atoms with van der Waals surface area (Å²) in [5.41, 5.74) is 3.21. The van der Waals surface area contributed by atoms with Crippen LogP contribution >= 0.6 is 15.9 Å². The number of furan rings is 1. The third-order valence-electron chi connectivity index (χ3n) is 4.90. The molecular weight excluding hydrogens is 395 g/mol. The van der Waals surface area contributed by atoms with Crippen molar-refractivity contribution < 1.29 is 8.81 Å². The maximum Gasteiger partial charge on any atom is 0.157 e. The van der Waals surface area contributed by atoms with Crippen LogP contribution in [0.3, 0.4) is 0 Å². The van der Waals surface area contributed by atoms with Gasteiger partial charge >= 0.3 is 0 Å².